The smallest absolute Gasteiger partial charge is 0.416 e. The van der Waals surface area contributed by atoms with Crippen LogP contribution in [-0.4, -0.2) is 46.1 Å². The third-order valence-corrected chi connectivity index (χ3v) is 6.66. The molecule has 208 valence electrons. The first-order valence-corrected chi connectivity index (χ1v) is 13.4. The molecule has 3 aromatic heterocycles. The Balaban J connectivity index is 2.01. The quantitative estimate of drug-likeness (QED) is 0.292. The van der Waals surface area contributed by atoms with Gasteiger partial charge in [-0.15, -0.1) is 11.3 Å². The predicted octanol–water partition coefficient (Wildman–Crippen LogP) is 6.98. The second-order valence-corrected chi connectivity index (χ2v) is 12.3. The Morgan fingerprint density at radius 1 is 1.18 bits per heavy atom. The SMILES string of the molecule is Cc1c(C[C@H](CCF)NC(=O)OC(C)(C)C)sc2c(N(Cc3ccco3)C(=O)OC(C)(C)C)nc(Cl)nc12. The fourth-order valence-corrected chi connectivity index (χ4v) is 5.11. The summed E-state index contributed by atoms with van der Waals surface area (Å²) in [6, 6.07) is 2.95. The van der Waals surface area contributed by atoms with Gasteiger partial charge in [-0.1, -0.05) is 0 Å². The maximum absolute atomic E-state index is 13.4. The van der Waals surface area contributed by atoms with Gasteiger partial charge in [0.05, 0.1) is 29.7 Å². The standard InChI is InChI=1S/C26H34ClFN4O5S/c1-15-18(13-16(10-11-28)29-23(33)36-25(2,3)4)38-20-19(15)30-22(27)31-21(20)32(14-17-9-8-12-35-17)24(34)37-26(5,6)7/h8-9,12,16H,10-11,13-14H2,1-7H3,(H,29,33)/t16-/m0/s1. The lowest BCUT2D eigenvalue weighted by Crippen LogP contribution is -2.40. The van der Waals surface area contributed by atoms with Crippen LogP contribution in [0.4, 0.5) is 19.8 Å². The lowest BCUT2D eigenvalue weighted by atomic mass is 10.1. The molecule has 9 nitrogen and oxygen atoms in total. The van der Waals surface area contributed by atoms with Gasteiger partial charge in [0.1, 0.15) is 17.0 Å². The van der Waals surface area contributed by atoms with E-state index in [-0.39, 0.29) is 24.1 Å². The third-order valence-electron chi connectivity index (χ3n) is 5.19. The molecular formula is C26H34ClFN4O5S. The Morgan fingerprint density at radius 3 is 2.45 bits per heavy atom. The number of anilines is 1. The molecule has 0 aliphatic carbocycles. The zero-order valence-corrected chi connectivity index (χ0v) is 24.3. The number of aromatic nitrogens is 2. The number of amides is 2. The van der Waals surface area contributed by atoms with Gasteiger partial charge in [0.2, 0.25) is 5.28 Å². The summed E-state index contributed by atoms with van der Waals surface area (Å²) < 4.78 is 30.5. The predicted molar refractivity (Wildman–Crippen MR) is 146 cm³/mol. The van der Waals surface area contributed by atoms with Gasteiger partial charge in [0.15, 0.2) is 5.82 Å². The van der Waals surface area contributed by atoms with Crippen molar-refractivity contribution in [3.63, 3.8) is 0 Å². The van der Waals surface area contributed by atoms with Crippen LogP contribution in [0.1, 0.15) is 64.2 Å². The number of rotatable bonds is 8. The van der Waals surface area contributed by atoms with Crippen molar-refractivity contribution in [3.05, 3.63) is 39.9 Å². The highest BCUT2D eigenvalue weighted by molar-refractivity contribution is 7.19. The highest BCUT2D eigenvalue weighted by atomic mass is 35.5. The molecule has 12 heteroatoms. The lowest BCUT2D eigenvalue weighted by molar-refractivity contribution is 0.0498. The van der Waals surface area contributed by atoms with Crippen molar-refractivity contribution in [3.8, 4) is 0 Å². The molecule has 0 saturated heterocycles. The van der Waals surface area contributed by atoms with Crippen LogP contribution in [-0.2, 0) is 22.4 Å². The number of alkyl halides is 1. The summed E-state index contributed by atoms with van der Waals surface area (Å²) >= 11 is 7.66. The zero-order chi connectivity index (χ0) is 28.3. The summed E-state index contributed by atoms with van der Waals surface area (Å²) in [7, 11) is 0. The van der Waals surface area contributed by atoms with Crippen LogP contribution in [0, 0.1) is 6.92 Å². The van der Waals surface area contributed by atoms with Crippen LogP contribution in [0.15, 0.2) is 22.8 Å². The number of ether oxygens (including phenoxy) is 2. The molecule has 38 heavy (non-hydrogen) atoms. The minimum absolute atomic E-state index is 0.0415. The molecular weight excluding hydrogens is 535 g/mol. The summed E-state index contributed by atoms with van der Waals surface area (Å²) in [5.74, 6) is 0.795. The average molecular weight is 569 g/mol. The third kappa shape index (κ3) is 8.04. The van der Waals surface area contributed by atoms with E-state index in [1.807, 2.05) is 6.92 Å². The van der Waals surface area contributed by atoms with Crippen molar-refractivity contribution in [2.45, 2.75) is 85.1 Å². The molecule has 1 atom stereocenters. The molecule has 1 N–H and O–H groups in total. The van der Waals surface area contributed by atoms with Crippen molar-refractivity contribution >= 4 is 51.2 Å². The van der Waals surface area contributed by atoms with Gasteiger partial charge < -0.3 is 19.2 Å². The molecule has 0 radical (unpaired) electrons. The Hall–Kier alpha value is -2.92. The van der Waals surface area contributed by atoms with Crippen LogP contribution >= 0.6 is 22.9 Å². The number of thiophene rings is 1. The Morgan fingerprint density at radius 2 is 1.87 bits per heavy atom. The maximum atomic E-state index is 13.4. The van der Waals surface area contributed by atoms with E-state index in [1.165, 1.54) is 22.5 Å². The van der Waals surface area contributed by atoms with Crippen LogP contribution in [0.2, 0.25) is 5.28 Å². The largest absolute Gasteiger partial charge is 0.467 e. The van der Waals surface area contributed by atoms with Crippen LogP contribution in [0.3, 0.4) is 0 Å². The van der Waals surface area contributed by atoms with E-state index in [0.29, 0.717) is 22.4 Å². The first-order valence-electron chi connectivity index (χ1n) is 12.2. The average Bonchev–Trinajstić information content (AvgIpc) is 3.38. The number of aryl methyl sites for hydroxylation is 1. The van der Waals surface area contributed by atoms with Crippen LogP contribution in [0.5, 0.6) is 0 Å². The van der Waals surface area contributed by atoms with E-state index >= 15 is 0 Å². The van der Waals surface area contributed by atoms with E-state index in [4.69, 9.17) is 25.5 Å². The highest BCUT2D eigenvalue weighted by Gasteiger charge is 2.30. The normalized spacial score (nSPS) is 12.9. The first kappa shape index (κ1) is 29.6. The molecule has 0 aliphatic rings. The second kappa shape index (κ2) is 11.9. The van der Waals surface area contributed by atoms with Crippen molar-refractivity contribution < 1.29 is 27.9 Å². The number of hydrogen-bond acceptors (Lipinski definition) is 8. The summed E-state index contributed by atoms with van der Waals surface area (Å²) in [6.45, 7) is 11.9. The molecule has 2 amide bonds. The number of carbonyl (C=O) groups is 2. The number of nitrogens with one attached hydrogen (secondary N) is 1. The number of furan rings is 1. The first-order chi connectivity index (χ1) is 17.7. The van der Waals surface area contributed by atoms with Gasteiger partial charge in [-0.05, 0) is 84.2 Å². The van der Waals surface area contributed by atoms with Gasteiger partial charge >= 0.3 is 12.2 Å². The summed E-state index contributed by atoms with van der Waals surface area (Å²) in [4.78, 5) is 36.7. The van der Waals surface area contributed by atoms with E-state index in [9.17, 15) is 14.0 Å². The topological polar surface area (TPSA) is 107 Å². The molecule has 0 saturated carbocycles. The number of carbonyl (C=O) groups excluding carboxylic acids is 2. The zero-order valence-electron chi connectivity index (χ0n) is 22.7. The van der Waals surface area contributed by atoms with Crippen molar-refractivity contribution in [1.29, 1.82) is 0 Å². The summed E-state index contributed by atoms with van der Waals surface area (Å²) in [5.41, 5.74) is -0.0763. The molecule has 0 fully saturated rings. The van der Waals surface area contributed by atoms with E-state index in [2.05, 4.69) is 15.3 Å². The second-order valence-electron chi connectivity index (χ2n) is 10.8. The maximum Gasteiger partial charge on any atom is 0.416 e. The summed E-state index contributed by atoms with van der Waals surface area (Å²) in [6.07, 6.45) is 0.709. The van der Waals surface area contributed by atoms with E-state index in [0.717, 1.165) is 10.4 Å². The number of nitrogens with zero attached hydrogens (tertiary/aromatic N) is 3. The molecule has 0 bridgehead atoms. The van der Waals surface area contributed by atoms with Crippen molar-refractivity contribution in [2.24, 2.45) is 0 Å². The number of hydrogen-bond donors (Lipinski definition) is 1. The Kier molecular flexibility index (Phi) is 9.25. The highest BCUT2D eigenvalue weighted by Crippen LogP contribution is 2.38. The van der Waals surface area contributed by atoms with Gasteiger partial charge in [-0.2, -0.15) is 4.98 Å². The Bertz CT molecular complexity index is 1270. The number of fused-ring (bicyclic) bond motifs is 1. The molecule has 0 unspecified atom stereocenters. The number of alkyl carbamates (subject to hydrolysis) is 1. The minimum atomic E-state index is -0.752. The van der Waals surface area contributed by atoms with Crippen molar-refractivity contribution in [1.82, 2.24) is 15.3 Å². The molecule has 3 aromatic rings. The van der Waals surface area contributed by atoms with Crippen molar-refractivity contribution in [2.75, 3.05) is 11.6 Å². The fourth-order valence-electron chi connectivity index (χ4n) is 3.63. The van der Waals surface area contributed by atoms with E-state index in [1.54, 1.807) is 53.7 Å². The van der Waals surface area contributed by atoms with E-state index < -0.39 is 36.1 Å². The van der Waals surface area contributed by atoms with Gasteiger partial charge in [0, 0.05) is 17.3 Å². The lowest BCUT2D eigenvalue weighted by Gasteiger charge is -2.26. The van der Waals surface area contributed by atoms with Crippen LogP contribution < -0.4 is 10.2 Å². The van der Waals surface area contributed by atoms with Crippen LogP contribution in [0.25, 0.3) is 10.2 Å². The molecule has 0 aromatic carbocycles. The monoisotopic (exact) mass is 568 g/mol. The Labute approximate surface area is 230 Å². The minimum Gasteiger partial charge on any atom is -0.467 e. The molecule has 3 rings (SSSR count). The number of halogens is 2. The van der Waals surface area contributed by atoms with Gasteiger partial charge in [0.25, 0.3) is 0 Å². The molecule has 3 heterocycles. The van der Waals surface area contributed by atoms with Gasteiger partial charge in [-0.25, -0.2) is 14.6 Å². The summed E-state index contributed by atoms with van der Waals surface area (Å²) in [5, 5.41) is 2.72. The van der Waals surface area contributed by atoms with Gasteiger partial charge in [-0.3, -0.25) is 9.29 Å². The fraction of sp³-hybridized carbons (Fsp3) is 0.538. The molecule has 0 aliphatic heterocycles. The molecule has 0 spiro atoms.